The van der Waals surface area contributed by atoms with E-state index in [0.717, 1.165) is 5.69 Å². The Morgan fingerprint density at radius 1 is 1.38 bits per heavy atom. The molecule has 1 aromatic heterocycles. The Balaban J connectivity index is 1.91. The molecule has 1 unspecified atom stereocenters. The van der Waals surface area contributed by atoms with E-state index in [4.69, 9.17) is 0 Å². The van der Waals surface area contributed by atoms with E-state index in [1.54, 1.807) is 0 Å². The van der Waals surface area contributed by atoms with Gasteiger partial charge in [0.2, 0.25) is 0 Å². The molecule has 1 fully saturated rings. The highest BCUT2D eigenvalue weighted by molar-refractivity contribution is 5.39. The predicted octanol–water partition coefficient (Wildman–Crippen LogP) is 3.19. The summed E-state index contributed by atoms with van der Waals surface area (Å²) in [6.07, 6.45) is 10.6. The zero-order valence-corrected chi connectivity index (χ0v) is 10.7. The first-order valence-corrected chi connectivity index (χ1v) is 6.30. The van der Waals surface area contributed by atoms with Crippen LogP contribution in [0, 0.1) is 5.41 Å². The molecule has 1 atom stereocenters. The second kappa shape index (κ2) is 4.48. The second-order valence-electron chi connectivity index (χ2n) is 5.84. The Morgan fingerprint density at radius 2 is 2.19 bits per heavy atom. The average Bonchev–Trinajstić information content (AvgIpc) is 2.52. The van der Waals surface area contributed by atoms with Crippen molar-refractivity contribution in [3.05, 3.63) is 12.4 Å². The van der Waals surface area contributed by atoms with Gasteiger partial charge in [-0.15, -0.1) is 0 Å². The van der Waals surface area contributed by atoms with Gasteiger partial charge in [-0.25, -0.2) is 0 Å². The van der Waals surface area contributed by atoms with E-state index in [-0.39, 0.29) is 0 Å². The molecular weight excluding hydrogens is 198 g/mol. The van der Waals surface area contributed by atoms with Crippen molar-refractivity contribution in [3.8, 4) is 0 Å². The Hall–Kier alpha value is -0.990. The number of nitrogens with zero attached hydrogens (tertiary/aromatic N) is 2. The number of hydrogen-bond acceptors (Lipinski definition) is 2. The van der Waals surface area contributed by atoms with Crippen molar-refractivity contribution in [1.82, 2.24) is 9.78 Å². The third kappa shape index (κ3) is 3.00. The van der Waals surface area contributed by atoms with Gasteiger partial charge in [-0.2, -0.15) is 5.10 Å². The first-order valence-electron chi connectivity index (χ1n) is 6.30. The summed E-state index contributed by atoms with van der Waals surface area (Å²) >= 11 is 0. The van der Waals surface area contributed by atoms with E-state index >= 15 is 0 Å². The lowest BCUT2D eigenvalue weighted by atomic mass is 9.85. The zero-order chi connectivity index (χ0) is 11.6. The molecule has 1 saturated carbocycles. The molecule has 0 spiro atoms. The maximum Gasteiger partial charge on any atom is 0.0728 e. The number of aryl methyl sites for hydroxylation is 1. The summed E-state index contributed by atoms with van der Waals surface area (Å²) in [7, 11) is 1.96. The average molecular weight is 221 g/mol. The van der Waals surface area contributed by atoms with Crippen LogP contribution in [0.15, 0.2) is 12.4 Å². The largest absolute Gasteiger partial charge is 0.380 e. The Kier molecular flexibility index (Phi) is 3.22. The predicted molar refractivity (Wildman–Crippen MR) is 67.5 cm³/mol. The normalized spacial score (nSPS) is 25.1. The number of nitrogens with one attached hydrogen (secondary N) is 1. The van der Waals surface area contributed by atoms with Crippen molar-refractivity contribution < 1.29 is 0 Å². The van der Waals surface area contributed by atoms with Gasteiger partial charge in [0.15, 0.2) is 0 Å². The maximum atomic E-state index is 4.19. The van der Waals surface area contributed by atoms with Gasteiger partial charge in [-0.05, 0) is 31.1 Å². The molecule has 1 aliphatic carbocycles. The van der Waals surface area contributed by atoms with E-state index in [0.29, 0.717) is 11.5 Å². The minimum absolute atomic E-state index is 0.533. The summed E-state index contributed by atoms with van der Waals surface area (Å²) < 4.78 is 1.85. The molecule has 3 heteroatoms. The smallest absolute Gasteiger partial charge is 0.0728 e. The van der Waals surface area contributed by atoms with Crippen LogP contribution in [0.25, 0.3) is 0 Å². The standard InChI is InChI=1S/C13H23N3/c1-13(2)7-4-5-11(6-8-13)15-12-9-14-16(3)10-12/h9-11,15H,4-8H2,1-3H3. The van der Waals surface area contributed by atoms with Crippen molar-refractivity contribution in [3.63, 3.8) is 0 Å². The minimum atomic E-state index is 0.533. The highest BCUT2D eigenvalue weighted by Gasteiger charge is 2.24. The highest BCUT2D eigenvalue weighted by Crippen LogP contribution is 2.34. The van der Waals surface area contributed by atoms with Crippen molar-refractivity contribution in [1.29, 1.82) is 0 Å². The Bertz CT molecular complexity index is 341. The van der Waals surface area contributed by atoms with Crippen molar-refractivity contribution >= 4 is 5.69 Å². The third-order valence-electron chi connectivity index (χ3n) is 3.65. The topological polar surface area (TPSA) is 29.9 Å². The highest BCUT2D eigenvalue weighted by atomic mass is 15.3. The quantitative estimate of drug-likeness (QED) is 0.777. The van der Waals surface area contributed by atoms with E-state index in [1.165, 1.54) is 32.1 Å². The lowest BCUT2D eigenvalue weighted by Crippen LogP contribution is -2.18. The van der Waals surface area contributed by atoms with Crippen LogP contribution in [0.3, 0.4) is 0 Å². The molecule has 3 nitrogen and oxygen atoms in total. The van der Waals surface area contributed by atoms with Gasteiger partial charge < -0.3 is 5.32 Å². The van der Waals surface area contributed by atoms with Crippen LogP contribution in [0.4, 0.5) is 5.69 Å². The van der Waals surface area contributed by atoms with Gasteiger partial charge in [-0.1, -0.05) is 20.3 Å². The molecule has 16 heavy (non-hydrogen) atoms. The molecule has 90 valence electrons. The third-order valence-corrected chi connectivity index (χ3v) is 3.65. The summed E-state index contributed by atoms with van der Waals surface area (Å²) in [6, 6.07) is 0.631. The summed E-state index contributed by atoms with van der Waals surface area (Å²) in [5, 5.41) is 7.78. The Morgan fingerprint density at radius 3 is 2.88 bits per heavy atom. The van der Waals surface area contributed by atoms with Crippen LogP contribution < -0.4 is 5.32 Å². The van der Waals surface area contributed by atoms with E-state index in [2.05, 4.69) is 30.5 Å². The summed E-state index contributed by atoms with van der Waals surface area (Å²) in [5.41, 5.74) is 1.69. The van der Waals surface area contributed by atoms with Crippen LogP contribution in [-0.4, -0.2) is 15.8 Å². The monoisotopic (exact) mass is 221 g/mol. The van der Waals surface area contributed by atoms with E-state index in [1.807, 2.05) is 17.9 Å². The fourth-order valence-electron chi connectivity index (χ4n) is 2.54. The first kappa shape index (κ1) is 11.5. The van der Waals surface area contributed by atoms with Gasteiger partial charge in [-0.3, -0.25) is 4.68 Å². The molecule has 0 bridgehead atoms. The van der Waals surface area contributed by atoms with Crippen molar-refractivity contribution in [2.24, 2.45) is 12.5 Å². The summed E-state index contributed by atoms with van der Waals surface area (Å²) in [4.78, 5) is 0. The second-order valence-corrected chi connectivity index (χ2v) is 5.84. The number of anilines is 1. The van der Waals surface area contributed by atoms with Gasteiger partial charge in [0.25, 0.3) is 0 Å². The SMILES string of the molecule is Cn1cc(NC2CCCC(C)(C)CC2)cn1. The van der Waals surface area contributed by atoms with Gasteiger partial charge in [0, 0.05) is 19.3 Å². The zero-order valence-electron chi connectivity index (χ0n) is 10.7. The van der Waals surface area contributed by atoms with Crippen molar-refractivity contribution in [2.75, 3.05) is 5.32 Å². The molecule has 0 radical (unpaired) electrons. The Labute approximate surface area is 98.2 Å². The molecule has 1 aliphatic rings. The van der Waals surface area contributed by atoms with Crippen LogP contribution in [0.2, 0.25) is 0 Å². The lowest BCUT2D eigenvalue weighted by molar-refractivity contribution is 0.313. The molecule has 1 heterocycles. The number of hydrogen-bond donors (Lipinski definition) is 1. The molecule has 0 aliphatic heterocycles. The molecule has 1 aromatic rings. The number of aromatic nitrogens is 2. The van der Waals surface area contributed by atoms with Crippen molar-refractivity contribution in [2.45, 2.75) is 52.0 Å². The fraction of sp³-hybridized carbons (Fsp3) is 0.769. The summed E-state index contributed by atoms with van der Waals surface area (Å²) in [5.74, 6) is 0. The van der Waals surface area contributed by atoms with Crippen LogP contribution in [0.5, 0.6) is 0 Å². The van der Waals surface area contributed by atoms with Gasteiger partial charge >= 0.3 is 0 Å². The molecule has 0 amide bonds. The number of rotatable bonds is 2. The fourth-order valence-corrected chi connectivity index (χ4v) is 2.54. The van der Waals surface area contributed by atoms with Crippen LogP contribution in [0.1, 0.15) is 46.0 Å². The van der Waals surface area contributed by atoms with Gasteiger partial charge in [0.1, 0.15) is 0 Å². The van der Waals surface area contributed by atoms with E-state index < -0.39 is 0 Å². The lowest BCUT2D eigenvalue weighted by Gasteiger charge is -2.22. The first-order chi connectivity index (χ1) is 7.55. The minimum Gasteiger partial charge on any atom is -0.380 e. The van der Waals surface area contributed by atoms with Gasteiger partial charge in [0.05, 0.1) is 11.9 Å². The molecule has 1 N–H and O–H groups in total. The van der Waals surface area contributed by atoms with E-state index in [9.17, 15) is 0 Å². The molecule has 2 rings (SSSR count). The molecule has 0 saturated heterocycles. The molecule has 0 aromatic carbocycles. The van der Waals surface area contributed by atoms with Crippen LogP contribution >= 0.6 is 0 Å². The molecular formula is C13H23N3. The van der Waals surface area contributed by atoms with Crippen LogP contribution in [-0.2, 0) is 7.05 Å². The maximum absolute atomic E-state index is 4.19. The summed E-state index contributed by atoms with van der Waals surface area (Å²) in [6.45, 7) is 4.78.